The highest BCUT2D eigenvalue weighted by atomic mass is 16.6. The second-order valence-corrected chi connectivity index (χ2v) is 6.21. The summed E-state index contributed by atoms with van der Waals surface area (Å²) in [6.45, 7) is 7.01. The van der Waals surface area contributed by atoms with E-state index in [9.17, 15) is 4.79 Å². The van der Waals surface area contributed by atoms with E-state index in [0.29, 0.717) is 12.2 Å². The van der Waals surface area contributed by atoms with Crippen LogP contribution in [-0.4, -0.2) is 25.8 Å². The molecular weight excluding hydrogens is 276 g/mol. The standard InChI is InChI=1S/C19H30O3/c1-5-16-10-12-17(13-11-16)19(20)22-18(14-21-4)9-7-6-8-15(2)3/h10-13,15,18H,5-9,14H2,1-4H3. The van der Waals surface area contributed by atoms with Gasteiger partial charge in [0, 0.05) is 7.11 Å². The Bertz CT molecular complexity index is 423. The molecule has 0 aliphatic heterocycles. The van der Waals surface area contributed by atoms with E-state index in [0.717, 1.165) is 25.2 Å². The first-order valence-electron chi connectivity index (χ1n) is 8.35. The van der Waals surface area contributed by atoms with Crippen LogP contribution < -0.4 is 0 Å². The summed E-state index contributed by atoms with van der Waals surface area (Å²) < 4.78 is 10.8. The van der Waals surface area contributed by atoms with Gasteiger partial charge in [-0.1, -0.05) is 45.7 Å². The molecule has 1 aromatic carbocycles. The predicted molar refractivity (Wildman–Crippen MR) is 90.2 cm³/mol. The summed E-state index contributed by atoms with van der Waals surface area (Å²) in [6.07, 6.45) is 5.12. The number of aryl methyl sites for hydroxylation is 1. The lowest BCUT2D eigenvalue weighted by Gasteiger charge is -2.17. The van der Waals surface area contributed by atoms with E-state index in [2.05, 4.69) is 20.8 Å². The van der Waals surface area contributed by atoms with Gasteiger partial charge in [-0.2, -0.15) is 0 Å². The molecule has 124 valence electrons. The van der Waals surface area contributed by atoms with Crippen LogP contribution >= 0.6 is 0 Å². The number of esters is 1. The molecule has 3 nitrogen and oxygen atoms in total. The number of carbonyl (C=O) groups is 1. The molecule has 1 rings (SSSR count). The van der Waals surface area contributed by atoms with Gasteiger partial charge in [-0.25, -0.2) is 4.79 Å². The SMILES string of the molecule is CCc1ccc(C(=O)OC(CCCCC(C)C)COC)cc1. The Kier molecular flexibility index (Phi) is 8.83. The van der Waals surface area contributed by atoms with Crippen LogP contribution in [-0.2, 0) is 15.9 Å². The minimum absolute atomic E-state index is 0.157. The minimum Gasteiger partial charge on any atom is -0.456 e. The highest BCUT2D eigenvalue weighted by Gasteiger charge is 2.16. The zero-order valence-electron chi connectivity index (χ0n) is 14.4. The molecule has 0 saturated carbocycles. The number of rotatable bonds is 10. The van der Waals surface area contributed by atoms with Crippen LogP contribution in [0.15, 0.2) is 24.3 Å². The van der Waals surface area contributed by atoms with E-state index < -0.39 is 0 Å². The Labute approximate surface area is 135 Å². The van der Waals surface area contributed by atoms with Gasteiger partial charge in [0.05, 0.1) is 12.2 Å². The summed E-state index contributed by atoms with van der Waals surface area (Å²) in [5.74, 6) is 0.467. The maximum absolute atomic E-state index is 12.2. The summed E-state index contributed by atoms with van der Waals surface area (Å²) in [5.41, 5.74) is 1.83. The summed E-state index contributed by atoms with van der Waals surface area (Å²) in [6, 6.07) is 7.63. The van der Waals surface area contributed by atoms with E-state index in [1.807, 2.05) is 24.3 Å². The van der Waals surface area contributed by atoms with Gasteiger partial charge < -0.3 is 9.47 Å². The molecule has 0 aliphatic carbocycles. The lowest BCUT2D eigenvalue weighted by Crippen LogP contribution is -2.23. The van der Waals surface area contributed by atoms with E-state index >= 15 is 0 Å². The Hall–Kier alpha value is -1.35. The predicted octanol–water partition coefficient (Wildman–Crippen LogP) is 4.64. The van der Waals surface area contributed by atoms with Crippen molar-refractivity contribution in [1.82, 2.24) is 0 Å². The average Bonchev–Trinajstić information content (AvgIpc) is 2.51. The molecule has 0 N–H and O–H groups in total. The molecule has 0 amide bonds. The van der Waals surface area contributed by atoms with Crippen molar-refractivity contribution in [2.45, 2.75) is 59.0 Å². The molecular formula is C19H30O3. The van der Waals surface area contributed by atoms with E-state index in [-0.39, 0.29) is 12.1 Å². The van der Waals surface area contributed by atoms with Gasteiger partial charge in [0.1, 0.15) is 6.10 Å². The monoisotopic (exact) mass is 306 g/mol. The fraction of sp³-hybridized carbons (Fsp3) is 0.632. The molecule has 1 atom stereocenters. The molecule has 0 fully saturated rings. The summed E-state index contributed by atoms with van der Waals surface area (Å²) >= 11 is 0. The zero-order chi connectivity index (χ0) is 16.4. The first-order chi connectivity index (χ1) is 10.6. The molecule has 0 aromatic heterocycles. The second-order valence-electron chi connectivity index (χ2n) is 6.21. The Balaban J connectivity index is 2.48. The number of unbranched alkanes of at least 4 members (excludes halogenated alkanes) is 1. The summed E-state index contributed by atoms with van der Waals surface area (Å²) in [4.78, 5) is 12.2. The number of hydrogen-bond acceptors (Lipinski definition) is 3. The van der Waals surface area contributed by atoms with Crippen LogP contribution in [0.1, 0.15) is 62.4 Å². The third-order valence-electron chi connectivity index (χ3n) is 3.78. The second kappa shape index (κ2) is 10.4. The van der Waals surface area contributed by atoms with Gasteiger partial charge in [0.15, 0.2) is 0 Å². The number of carbonyl (C=O) groups excluding carboxylic acids is 1. The smallest absolute Gasteiger partial charge is 0.338 e. The number of ether oxygens (including phenoxy) is 2. The van der Waals surface area contributed by atoms with Crippen LogP contribution in [0.25, 0.3) is 0 Å². The van der Waals surface area contributed by atoms with Crippen LogP contribution in [0, 0.1) is 5.92 Å². The Morgan fingerprint density at radius 2 is 1.73 bits per heavy atom. The lowest BCUT2D eigenvalue weighted by molar-refractivity contribution is 0.00231. The van der Waals surface area contributed by atoms with E-state index in [1.54, 1.807) is 7.11 Å². The van der Waals surface area contributed by atoms with Crippen molar-refractivity contribution >= 4 is 5.97 Å². The molecule has 1 unspecified atom stereocenters. The molecule has 0 heterocycles. The van der Waals surface area contributed by atoms with Gasteiger partial charge in [-0.15, -0.1) is 0 Å². The molecule has 1 aromatic rings. The highest BCUT2D eigenvalue weighted by Crippen LogP contribution is 2.14. The topological polar surface area (TPSA) is 35.5 Å². The van der Waals surface area contributed by atoms with E-state index in [1.165, 1.54) is 18.4 Å². The summed E-state index contributed by atoms with van der Waals surface area (Å²) in [5, 5.41) is 0. The lowest BCUT2D eigenvalue weighted by atomic mass is 10.0. The quantitative estimate of drug-likeness (QED) is 0.467. The van der Waals surface area contributed by atoms with Gasteiger partial charge >= 0.3 is 5.97 Å². The van der Waals surface area contributed by atoms with Gasteiger partial charge in [-0.05, 0) is 42.9 Å². The molecule has 0 aliphatic rings. The number of benzene rings is 1. The van der Waals surface area contributed by atoms with Crippen molar-refractivity contribution < 1.29 is 14.3 Å². The minimum atomic E-state index is -0.256. The van der Waals surface area contributed by atoms with Crippen LogP contribution in [0.3, 0.4) is 0 Å². The fourth-order valence-corrected chi connectivity index (χ4v) is 2.38. The van der Waals surface area contributed by atoms with Gasteiger partial charge in [0.25, 0.3) is 0 Å². The number of methoxy groups -OCH3 is 1. The highest BCUT2D eigenvalue weighted by molar-refractivity contribution is 5.89. The molecule has 0 bridgehead atoms. The third-order valence-corrected chi connectivity index (χ3v) is 3.78. The molecule has 3 heteroatoms. The van der Waals surface area contributed by atoms with Crippen molar-refractivity contribution in [3.05, 3.63) is 35.4 Å². The first kappa shape index (κ1) is 18.7. The largest absolute Gasteiger partial charge is 0.456 e. The first-order valence-corrected chi connectivity index (χ1v) is 8.35. The molecule has 0 saturated heterocycles. The maximum Gasteiger partial charge on any atom is 0.338 e. The van der Waals surface area contributed by atoms with Crippen LogP contribution in [0.2, 0.25) is 0 Å². The fourth-order valence-electron chi connectivity index (χ4n) is 2.38. The van der Waals surface area contributed by atoms with Crippen molar-refractivity contribution in [2.75, 3.05) is 13.7 Å². The van der Waals surface area contributed by atoms with E-state index in [4.69, 9.17) is 9.47 Å². The van der Waals surface area contributed by atoms with Crippen molar-refractivity contribution in [1.29, 1.82) is 0 Å². The summed E-state index contributed by atoms with van der Waals surface area (Å²) in [7, 11) is 1.64. The van der Waals surface area contributed by atoms with Gasteiger partial charge in [-0.3, -0.25) is 0 Å². The normalized spacial score (nSPS) is 12.4. The molecule has 0 spiro atoms. The number of hydrogen-bond donors (Lipinski definition) is 0. The molecule has 0 radical (unpaired) electrons. The Morgan fingerprint density at radius 1 is 1.09 bits per heavy atom. The maximum atomic E-state index is 12.2. The van der Waals surface area contributed by atoms with Crippen LogP contribution in [0.5, 0.6) is 0 Å². The Morgan fingerprint density at radius 3 is 2.27 bits per heavy atom. The van der Waals surface area contributed by atoms with Gasteiger partial charge in [0.2, 0.25) is 0 Å². The zero-order valence-corrected chi connectivity index (χ0v) is 14.4. The van der Waals surface area contributed by atoms with Crippen molar-refractivity contribution in [3.8, 4) is 0 Å². The molecule has 22 heavy (non-hydrogen) atoms. The van der Waals surface area contributed by atoms with Crippen molar-refractivity contribution in [3.63, 3.8) is 0 Å². The third kappa shape index (κ3) is 7.08. The van der Waals surface area contributed by atoms with Crippen molar-refractivity contribution in [2.24, 2.45) is 5.92 Å². The van der Waals surface area contributed by atoms with Crippen LogP contribution in [0.4, 0.5) is 0 Å². The average molecular weight is 306 g/mol.